The van der Waals surface area contributed by atoms with Crippen LogP contribution in [0.4, 0.5) is 11.4 Å². The molecule has 0 saturated heterocycles. The van der Waals surface area contributed by atoms with Gasteiger partial charge in [-0.15, -0.1) is 53.6 Å². The van der Waals surface area contributed by atoms with E-state index in [9.17, 15) is 0 Å². The number of rotatable bonds is 8. The van der Waals surface area contributed by atoms with Crippen LogP contribution in [0.5, 0.6) is 11.5 Å². The summed E-state index contributed by atoms with van der Waals surface area (Å²) in [5.41, 5.74) is 13.1. The van der Waals surface area contributed by atoms with Gasteiger partial charge in [0.15, 0.2) is 0 Å². The zero-order chi connectivity index (χ0) is 43.6. The molecule has 1 aliphatic rings. The topological polar surface area (TPSA) is 33.5 Å². The second-order valence-corrected chi connectivity index (χ2v) is 19.2. The Morgan fingerprint density at radius 2 is 1.21 bits per heavy atom. The van der Waals surface area contributed by atoms with Crippen LogP contribution in [0.15, 0.2) is 157 Å². The summed E-state index contributed by atoms with van der Waals surface area (Å²) >= 11 is 0. The van der Waals surface area contributed by atoms with Gasteiger partial charge in [0.05, 0.1) is 0 Å². The summed E-state index contributed by atoms with van der Waals surface area (Å²) in [5, 5.41) is 2.21. The maximum atomic E-state index is 6.93. The number of hydrogen-bond acceptors (Lipinski definition) is 4. The first-order valence-electron chi connectivity index (χ1n) is 21.6. The molecule has 0 spiro atoms. The van der Waals surface area contributed by atoms with Crippen molar-refractivity contribution < 1.29 is 25.8 Å². The molecular formula is C57H55N4OPt-3. The molecule has 0 radical (unpaired) electrons. The second kappa shape index (κ2) is 16.7. The summed E-state index contributed by atoms with van der Waals surface area (Å²) in [6.45, 7) is 24.6. The molecule has 8 aromatic rings. The van der Waals surface area contributed by atoms with E-state index in [2.05, 4.69) is 236 Å². The normalized spacial score (nSPS) is 13.6. The van der Waals surface area contributed by atoms with E-state index in [0.717, 1.165) is 61.5 Å². The van der Waals surface area contributed by atoms with Crippen molar-refractivity contribution >= 4 is 33.2 Å². The molecule has 0 atom stereocenters. The van der Waals surface area contributed by atoms with Crippen LogP contribution in [0, 0.1) is 18.8 Å². The van der Waals surface area contributed by atoms with Gasteiger partial charge in [0.2, 0.25) is 0 Å². The molecule has 63 heavy (non-hydrogen) atoms. The Labute approximate surface area is 388 Å². The first kappa shape index (κ1) is 43.7. The molecular weight excluding hydrogens is 952 g/mol. The van der Waals surface area contributed by atoms with Crippen LogP contribution in [0.25, 0.3) is 38.8 Å². The zero-order valence-electron chi connectivity index (χ0n) is 37.9. The minimum absolute atomic E-state index is 0. The van der Waals surface area contributed by atoms with E-state index in [1.807, 2.05) is 12.3 Å². The summed E-state index contributed by atoms with van der Waals surface area (Å²) in [4.78, 5) is 9.46. The second-order valence-electron chi connectivity index (χ2n) is 19.2. The molecule has 322 valence electrons. The maximum Gasteiger partial charge on any atom is 0.135 e. The van der Waals surface area contributed by atoms with Crippen molar-refractivity contribution in [3.8, 4) is 28.4 Å². The third-order valence-electron chi connectivity index (χ3n) is 12.6. The SMILES string of the molecule is CC1=C(C)N(c2cccc(C(C)(C)C)c2)[CH-]N1c1[c-]c(Oc2[c-]c3c(cc2)c2cc(-c4ccccc4)ccc2n3-c2cc(C(C)(C)C)ccn2)cc(C(C)(C)c2ccccc2)c1.[Pt]. The molecule has 1 aliphatic heterocycles. The molecule has 0 unspecified atom stereocenters. The summed E-state index contributed by atoms with van der Waals surface area (Å²) in [7, 11) is 0. The number of ether oxygens (including phenoxy) is 1. The van der Waals surface area contributed by atoms with Crippen molar-refractivity contribution in [1.29, 1.82) is 0 Å². The first-order chi connectivity index (χ1) is 29.6. The molecule has 2 aromatic heterocycles. The maximum absolute atomic E-state index is 6.93. The summed E-state index contributed by atoms with van der Waals surface area (Å²) in [6.07, 6.45) is 1.92. The van der Waals surface area contributed by atoms with Crippen molar-refractivity contribution in [2.24, 2.45) is 0 Å². The average Bonchev–Trinajstić information content (AvgIpc) is 3.75. The Hall–Kier alpha value is -5.90. The van der Waals surface area contributed by atoms with Crippen molar-refractivity contribution in [2.75, 3.05) is 9.80 Å². The minimum Gasteiger partial charge on any atom is -0.509 e. The van der Waals surface area contributed by atoms with Gasteiger partial charge in [-0.3, -0.25) is 0 Å². The zero-order valence-corrected chi connectivity index (χ0v) is 40.2. The number of nitrogens with zero attached hydrogens (tertiary/aromatic N) is 4. The summed E-state index contributed by atoms with van der Waals surface area (Å²) in [5.74, 6) is 2.06. The molecule has 0 bridgehead atoms. The number of hydrogen-bond donors (Lipinski definition) is 0. The minimum atomic E-state index is -0.337. The molecule has 0 saturated carbocycles. The first-order valence-corrected chi connectivity index (χ1v) is 21.6. The van der Waals surface area contributed by atoms with Gasteiger partial charge in [0.1, 0.15) is 5.82 Å². The fourth-order valence-corrected chi connectivity index (χ4v) is 8.52. The van der Waals surface area contributed by atoms with Gasteiger partial charge in [-0.1, -0.05) is 146 Å². The van der Waals surface area contributed by atoms with Crippen LogP contribution in [-0.2, 0) is 37.3 Å². The van der Waals surface area contributed by atoms with E-state index in [-0.39, 0.29) is 37.3 Å². The Morgan fingerprint density at radius 3 is 1.92 bits per heavy atom. The largest absolute Gasteiger partial charge is 0.509 e. The van der Waals surface area contributed by atoms with Gasteiger partial charge in [-0.2, -0.15) is 6.07 Å². The van der Waals surface area contributed by atoms with Gasteiger partial charge < -0.3 is 19.1 Å². The van der Waals surface area contributed by atoms with Crippen LogP contribution in [0.3, 0.4) is 0 Å². The molecule has 5 nitrogen and oxygen atoms in total. The standard InChI is InChI=1S/C57H55N4O.Pt/c1-38-39(2)60(37-59(38)46-23-17-22-43(31-46)55(3,4)5)47-32-45(57(9,10)42-20-15-12-16-21-42)33-49(35-47)62-48-25-26-50-51-30-41(40-18-13-11-14-19-40)24-27-52(51)61(53(50)36-48)54-34-44(28-29-58-54)56(6,7)8;/h11-34,37H,1-10H3;/q-3;. The average molecular weight is 1010 g/mol. The van der Waals surface area contributed by atoms with E-state index in [0.29, 0.717) is 11.5 Å². The summed E-state index contributed by atoms with van der Waals surface area (Å²) < 4.78 is 9.16. The molecule has 0 N–H and O–H groups in total. The predicted octanol–water partition coefficient (Wildman–Crippen LogP) is 14.9. The van der Waals surface area contributed by atoms with E-state index < -0.39 is 0 Å². The van der Waals surface area contributed by atoms with Crippen LogP contribution in [-0.4, -0.2) is 9.55 Å². The quantitative estimate of drug-likeness (QED) is 0.142. The molecule has 3 heterocycles. The van der Waals surface area contributed by atoms with Gasteiger partial charge in [0.25, 0.3) is 0 Å². The van der Waals surface area contributed by atoms with Crippen LogP contribution < -0.4 is 14.5 Å². The number of fused-ring (bicyclic) bond motifs is 3. The molecule has 6 heteroatoms. The Bertz CT molecular complexity index is 2990. The van der Waals surface area contributed by atoms with E-state index >= 15 is 0 Å². The monoisotopic (exact) mass is 1010 g/mol. The summed E-state index contributed by atoms with van der Waals surface area (Å²) in [6, 6.07) is 57.1. The van der Waals surface area contributed by atoms with Crippen molar-refractivity contribution in [3.05, 3.63) is 198 Å². The van der Waals surface area contributed by atoms with E-state index in [1.165, 1.54) is 22.3 Å². The number of pyridine rings is 1. The van der Waals surface area contributed by atoms with Crippen molar-refractivity contribution in [1.82, 2.24) is 9.55 Å². The number of aromatic nitrogens is 2. The Balaban J connectivity index is 0.00000544. The smallest absolute Gasteiger partial charge is 0.135 e. The van der Waals surface area contributed by atoms with E-state index in [1.54, 1.807) is 0 Å². The molecule has 6 aromatic carbocycles. The number of benzene rings is 6. The third kappa shape index (κ3) is 8.36. The third-order valence-corrected chi connectivity index (χ3v) is 12.6. The molecule has 0 amide bonds. The molecule has 0 aliphatic carbocycles. The van der Waals surface area contributed by atoms with Gasteiger partial charge in [-0.05, 0) is 93.6 Å². The molecule has 9 rings (SSSR count). The predicted molar refractivity (Wildman–Crippen MR) is 258 cm³/mol. The van der Waals surface area contributed by atoms with Crippen molar-refractivity contribution in [2.45, 2.75) is 85.5 Å². The fraction of sp³-hybridized carbons (Fsp3) is 0.228. The Kier molecular flexibility index (Phi) is 11.6. The van der Waals surface area contributed by atoms with Gasteiger partial charge in [0, 0.05) is 61.4 Å². The fourth-order valence-electron chi connectivity index (χ4n) is 8.52. The van der Waals surface area contributed by atoms with Gasteiger partial charge in [-0.25, -0.2) is 4.98 Å². The van der Waals surface area contributed by atoms with Crippen LogP contribution >= 0.6 is 0 Å². The van der Waals surface area contributed by atoms with Crippen molar-refractivity contribution in [3.63, 3.8) is 0 Å². The van der Waals surface area contributed by atoms with Gasteiger partial charge >= 0.3 is 0 Å². The van der Waals surface area contributed by atoms with Crippen LogP contribution in [0.2, 0.25) is 0 Å². The number of anilines is 2. The number of allylic oxidation sites excluding steroid dienone is 2. The van der Waals surface area contributed by atoms with Crippen LogP contribution in [0.1, 0.15) is 91.5 Å². The Morgan fingerprint density at radius 1 is 0.540 bits per heavy atom. The molecule has 0 fully saturated rings. The van der Waals surface area contributed by atoms with E-state index in [4.69, 9.17) is 9.72 Å².